The third kappa shape index (κ3) is 9.77. The molecule has 4 aromatic carbocycles. The quantitative estimate of drug-likeness (QED) is 0.121. The van der Waals surface area contributed by atoms with Crippen LogP contribution in [0.2, 0.25) is 0 Å². The van der Waals surface area contributed by atoms with Crippen LogP contribution in [0.25, 0.3) is 0 Å². The van der Waals surface area contributed by atoms with Crippen LogP contribution in [0.15, 0.2) is 121 Å². The van der Waals surface area contributed by atoms with Gasteiger partial charge in [-0.2, -0.15) is 0 Å². The molecule has 2 atom stereocenters. The molecule has 3 aliphatic rings. The first-order chi connectivity index (χ1) is 28.0. The lowest BCUT2D eigenvalue weighted by atomic mass is 9.90. The molecular weight excluding hydrogens is 768 g/mol. The predicted molar refractivity (Wildman–Crippen MR) is 204 cm³/mol. The van der Waals surface area contributed by atoms with E-state index in [4.69, 9.17) is 0 Å². The maximum atomic E-state index is 12.7. The standard InChI is InChI=1S/C18H16N2O4.C12H12N2O4.C11H10N2O4/c21-15-18(24,11-13-7-3-1-4-8-13)16(22)20(17(23)19-15)12-14-9-5-2-6-10-14;1-12(18)9(15)13-11(17)14(10(12)16)7-8-5-3-2-4-6-8;14-8-11(17,9(15)13-10(16)12-8)6-7-4-2-1-3-5-7/h1-10,24H,11-12H2,(H,19,21,23);2-6,18H,7H2,1H3,(H,13,15,17);1-5,17H,6H2,(H2,12,13,14,15,16). The highest BCUT2D eigenvalue weighted by atomic mass is 16.3. The molecule has 0 radical (unpaired) electrons. The van der Waals surface area contributed by atoms with Crippen LogP contribution in [-0.4, -0.2) is 95.5 Å². The van der Waals surface area contributed by atoms with E-state index in [0.717, 1.165) is 27.9 Å². The van der Waals surface area contributed by atoms with Gasteiger partial charge in [0.1, 0.15) is 0 Å². The Labute approximate surface area is 335 Å². The Morgan fingerprint density at radius 1 is 0.424 bits per heavy atom. The number of hydrogen-bond acceptors (Lipinski definition) is 12. The molecule has 0 saturated carbocycles. The van der Waals surface area contributed by atoms with E-state index in [1.807, 2.05) is 22.0 Å². The summed E-state index contributed by atoms with van der Waals surface area (Å²) >= 11 is 0. The van der Waals surface area contributed by atoms with Crippen molar-refractivity contribution in [1.29, 1.82) is 0 Å². The summed E-state index contributed by atoms with van der Waals surface area (Å²) in [5.74, 6) is -5.83. The number of carbonyl (C=O) groups is 9. The van der Waals surface area contributed by atoms with Gasteiger partial charge >= 0.3 is 18.1 Å². The fraction of sp³-hybridized carbons (Fsp3) is 0.195. The van der Waals surface area contributed by atoms with Crippen molar-refractivity contribution in [3.05, 3.63) is 144 Å². The minimum atomic E-state index is -2.30. The Hall–Kier alpha value is -7.41. The second-order valence-electron chi connectivity index (χ2n) is 13.6. The second kappa shape index (κ2) is 17.8. The largest absolute Gasteiger partial charge is 0.372 e. The molecule has 0 aromatic heterocycles. The number of imide groups is 6. The number of rotatable bonds is 8. The number of amides is 12. The van der Waals surface area contributed by atoms with Crippen LogP contribution in [-0.2, 0) is 54.7 Å². The fourth-order valence-electron chi connectivity index (χ4n) is 5.88. The average Bonchev–Trinajstić information content (AvgIpc) is 3.21. The van der Waals surface area contributed by atoms with Crippen molar-refractivity contribution in [2.75, 3.05) is 0 Å². The molecule has 2 unspecified atom stereocenters. The van der Waals surface area contributed by atoms with E-state index in [0.29, 0.717) is 11.1 Å². The highest BCUT2D eigenvalue weighted by Crippen LogP contribution is 2.23. The van der Waals surface area contributed by atoms with E-state index in [-0.39, 0.29) is 25.9 Å². The van der Waals surface area contributed by atoms with Crippen LogP contribution in [0.3, 0.4) is 0 Å². The first-order valence-electron chi connectivity index (χ1n) is 17.8. The normalized spacial score (nSPS) is 21.2. The summed E-state index contributed by atoms with van der Waals surface area (Å²) in [6.45, 7) is 1.06. The summed E-state index contributed by atoms with van der Waals surface area (Å²) in [5.41, 5.74) is -4.06. The van der Waals surface area contributed by atoms with Crippen molar-refractivity contribution in [1.82, 2.24) is 31.1 Å². The number of hydrogen-bond donors (Lipinski definition) is 7. The maximum Gasteiger partial charge on any atom is 0.331 e. The van der Waals surface area contributed by atoms with Crippen LogP contribution in [0, 0.1) is 0 Å². The SMILES string of the molecule is CC1(O)C(=O)NC(=O)N(Cc2ccccc2)C1=O.O=C1NC(=O)C(O)(Cc2ccccc2)C(=O)N1.O=C1NC(=O)C(O)(Cc2ccccc2)C(=O)N1Cc1ccccc1. The van der Waals surface area contributed by atoms with Gasteiger partial charge in [-0.25, -0.2) is 14.4 Å². The third-order valence-electron chi connectivity index (χ3n) is 9.19. The molecule has 12 amide bonds. The van der Waals surface area contributed by atoms with Crippen LogP contribution < -0.4 is 21.3 Å². The number of carbonyl (C=O) groups excluding carboxylic acids is 9. The van der Waals surface area contributed by atoms with Gasteiger partial charge in [0.2, 0.25) is 16.8 Å². The van der Waals surface area contributed by atoms with Gasteiger partial charge in [0.25, 0.3) is 35.4 Å². The van der Waals surface area contributed by atoms with E-state index in [1.54, 1.807) is 115 Å². The molecule has 0 aliphatic carbocycles. The molecule has 7 N–H and O–H groups in total. The van der Waals surface area contributed by atoms with Crippen molar-refractivity contribution in [3.8, 4) is 0 Å². The highest BCUT2D eigenvalue weighted by molar-refractivity contribution is 6.22. The smallest absolute Gasteiger partial charge is 0.331 e. The number of urea groups is 3. The Kier molecular flexibility index (Phi) is 12.9. The van der Waals surface area contributed by atoms with E-state index in [9.17, 15) is 58.5 Å². The lowest BCUT2D eigenvalue weighted by Gasteiger charge is -2.35. The average molecular weight is 807 g/mol. The zero-order valence-corrected chi connectivity index (χ0v) is 31.3. The van der Waals surface area contributed by atoms with Gasteiger partial charge in [0, 0.05) is 12.8 Å². The predicted octanol–water partition coefficient (Wildman–Crippen LogP) is 0.581. The fourth-order valence-corrected chi connectivity index (χ4v) is 5.88. The summed E-state index contributed by atoms with van der Waals surface area (Å²) < 4.78 is 0. The van der Waals surface area contributed by atoms with Gasteiger partial charge in [-0.05, 0) is 29.2 Å². The zero-order valence-electron chi connectivity index (χ0n) is 31.3. The van der Waals surface area contributed by atoms with Crippen LogP contribution in [0.5, 0.6) is 0 Å². The van der Waals surface area contributed by atoms with Crippen molar-refractivity contribution in [2.45, 2.75) is 49.7 Å². The minimum absolute atomic E-state index is 0.00887. The summed E-state index contributed by atoms with van der Waals surface area (Å²) in [5, 5.41) is 38.1. The van der Waals surface area contributed by atoms with Crippen molar-refractivity contribution in [2.24, 2.45) is 0 Å². The summed E-state index contributed by atoms with van der Waals surface area (Å²) in [6, 6.07) is 32.4. The molecule has 3 saturated heterocycles. The van der Waals surface area contributed by atoms with Crippen LogP contribution in [0.1, 0.15) is 29.2 Å². The van der Waals surface area contributed by atoms with Crippen LogP contribution >= 0.6 is 0 Å². The Morgan fingerprint density at radius 3 is 1.15 bits per heavy atom. The number of aliphatic hydroxyl groups is 3. The van der Waals surface area contributed by atoms with Crippen molar-refractivity contribution < 1.29 is 58.5 Å². The Bertz CT molecular complexity index is 2250. The van der Waals surface area contributed by atoms with Gasteiger partial charge < -0.3 is 15.3 Å². The molecule has 18 nitrogen and oxygen atoms in total. The number of nitrogens with one attached hydrogen (secondary N) is 4. The number of barbiturate groups is 3. The van der Waals surface area contributed by atoms with Gasteiger partial charge in [-0.1, -0.05) is 121 Å². The lowest BCUT2D eigenvalue weighted by molar-refractivity contribution is -0.162. The van der Waals surface area contributed by atoms with Crippen molar-refractivity contribution >= 4 is 53.5 Å². The molecule has 18 heteroatoms. The first-order valence-corrected chi connectivity index (χ1v) is 17.8. The highest BCUT2D eigenvalue weighted by Gasteiger charge is 2.53. The summed E-state index contributed by atoms with van der Waals surface area (Å²) in [7, 11) is 0. The van der Waals surface area contributed by atoms with Crippen molar-refractivity contribution in [3.63, 3.8) is 0 Å². The molecule has 7 rings (SSSR count). The third-order valence-corrected chi connectivity index (χ3v) is 9.19. The number of benzene rings is 4. The van der Waals surface area contributed by atoms with Gasteiger partial charge in [0.15, 0.2) is 0 Å². The van der Waals surface area contributed by atoms with E-state index in [2.05, 4.69) is 5.32 Å². The minimum Gasteiger partial charge on any atom is -0.372 e. The monoisotopic (exact) mass is 806 g/mol. The van der Waals surface area contributed by atoms with Gasteiger partial charge in [-0.15, -0.1) is 0 Å². The second-order valence-corrected chi connectivity index (χ2v) is 13.6. The van der Waals surface area contributed by atoms with Gasteiger partial charge in [-0.3, -0.25) is 59.8 Å². The first kappa shape index (κ1) is 42.7. The molecule has 3 heterocycles. The topological polar surface area (TPSA) is 269 Å². The molecule has 0 bridgehead atoms. The summed E-state index contributed by atoms with van der Waals surface area (Å²) in [6.07, 6.45) is -0.379. The molecule has 59 heavy (non-hydrogen) atoms. The summed E-state index contributed by atoms with van der Waals surface area (Å²) in [4.78, 5) is 107. The molecule has 3 fully saturated rings. The van der Waals surface area contributed by atoms with E-state index < -0.39 is 70.3 Å². The lowest BCUT2D eigenvalue weighted by Crippen LogP contribution is -2.68. The zero-order chi connectivity index (χ0) is 43.0. The number of nitrogens with zero attached hydrogens (tertiary/aromatic N) is 2. The molecule has 3 aliphatic heterocycles. The molecular formula is C41H38N6O12. The van der Waals surface area contributed by atoms with E-state index in [1.165, 1.54) is 0 Å². The Morgan fingerprint density at radius 2 is 0.746 bits per heavy atom. The molecule has 4 aromatic rings. The molecule has 0 spiro atoms. The van der Waals surface area contributed by atoms with Crippen LogP contribution in [0.4, 0.5) is 14.4 Å². The maximum absolute atomic E-state index is 12.7. The van der Waals surface area contributed by atoms with E-state index >= 15 is 0 Å². The van der Waals surface area contributed by atoms with Gasteiger partial charge in [0.05, 0.1) is 13.1 Å². The molecule has 304 valence electrons. The Balaban J connectivity index is 0.000000172.